The molecule has 6 heteroatoms. The molecular formula is C19H20N4O2. The van der Waals surface area contributed by atoms with Crippen LogP contribution in [0.1, 0.15) is 32.9 Å². The van der Waals surface area contributed by atoms with E-state index < -0.39 is 0 Å². The number of nitrogens with one attached hydrogen (secondary N) is 1. The molecule has 6 nitrogen and oxygen atoms in total. The van der Waals surface area contributed by atoms with Gasteiger partial charge < -0.3 is 15.0 Å². The van der Waals surface area contributed by atoms with E-state index in [1.165, 1.54) is 11.1 Å². The lowest BCUT2D eigenvalue weighted by Crippen LogP contribution is -2.15. The standard InChI is InChI=1S/C19H20N4O2/c1-13-4-3-5-15(8-13)9-23-10-18(20-12-23)22-19(25)17-7-6-16(11-24)21-14(17)2/h3-8,10,12,24H,9,11H2,1-2H3,(H,22,25). The zero-order chi connectivity index (χ0) is 17.8. The summed E-state index contributed by atoms with van der Waals surface area (Å²) in [5.74, 6) is 0.221. The molecule has 3 rings (SSSR count). The monoisotopic (exact) mass is 336 g/mol. The molecule has 0 fully saturated rings. The van der Waals surface area contributed by atoms with Gasteiger partial charge in [0.15, 0.2) is 5.82 Å². The molecule has 25 heavy (non-hydrogen) atoms. The third-order valence-corrected chi connectivity index (χ3v) is 3.87. The molecule has 128 valence electrons. The number of rotatable bonds is 5. The highest BCUT2D eigenvalue weighted by molar-refractivity contribution is 6.04. The van der Waals surface area contributed by atoms with Crippen LogP contribution in [0.4, 0.5) is 5.82 Å². The number of amides is 1. The molecular weight excluding hydrogens is 316 g/mol. The van der Waals surface area contributed by atoms with Crippen LogP contribution in [-0.2, 0) is 13.2 Å². The predicted molar refractivity (Wildman–Crippen MR) is 95.4 cm³/mol. The van der Waals surface area contributed by atoms with Crippen molar-refractivity contribution in [2.24, 2.45) is 0 Å². The highest BCUT2D eigenvalue weighted by Crippen LogP contribution is 2.12. The summed E-state index contributed by atoms with van der Waals surface area (Å²) < 4.78 is 1.92. The van der Waals surface area contributed by atoms with E-state index in [4.69, 9.17) is 5.11 Å². The van der Waals surface area contributed by atoms with Gasteiger partial charge in [-0.1, -0.05) is 29.8 Å². The Kier molecular flexibility index (Phi) is 4.90. The fourth-order valence-corrected chi connectivity index (χ4v) is 2.66. The summed E-state index contributed by atoms with van der Waals surface area (Å²) in [4.78, 5) is 20.8. The van der Waals surface area contributed by atoms with E-state index in [2.05, 4.69) is 40.4 Å². The predicted octanol–water partition coefficient (Wildman–Crippen LogP) is 2.69. The largest absolute Gasteiger partial charge is 0.390 e. The summed E-state index contributed by atoms with van der Waals surface area (Å²) in [6, 6.07) is 11.6. The number of hydrogen-bond acceptors (Lipinski definition) is 4. The fraction of sp³-hybridized carbons (Fsp3) is 0.211. The Hall–Kier alpha value is -2.99. The van der Waals surface area contributed by atoms with Crippen LogP contribution >= 0.6 is 0 Å². The molecule has 0 saturated carbocycles. The first-order valence-corrected chi connectivity index (χ1v) is 8.01. The highest BCUT2D eigenvalue weighted by Gasteiger charge is 2.12. The van der Waals surface area contributed by atoms with E-state index in [0.717, 1.165) is 0 Å². The molecule has 0 aliphatic rings. The third kappa shape index (κ3) is 4.10. The smallest absolute Gasteiger partial charge is 0.258 e. The average Bonchev–Trinajstić information content (AvgIpc) is 3.01. The normalized spacial score (nSPS) is 10.7. The van der Waals surface area contributed by atoms with Crippen LogP contribution in [-0.4, -0.2) is 25.5 Å². The summed E-state index contributed by atoms with van der Waals surface area (Å²) in [5.41, 5.74) is 3.96. The van der Waals surface area contributed by atoms with Crippen LogP contribution in [0.3, 0.4) is 0 Å². The van der Waals surface area contributed by atoms with Crippen molar-refractivity contribution >= 4 is 11.7 Å². The van der Waals surface area contributed by atoms with Crippen LogP contribution in [0, 0.1) is 13.8 Å². The van der Waals surface area contributed by atoms with Crippen molar-refractivity contribution in [1.82, 2.24) is 14.5 Å². The summed E-state index contributed by atoms with van der Waals surface area (Å²) in [5, 5.41) is 11.9. The van der Waals surface area contributed by atoms with Crippen LogP contribution in [0.5, 0.6) is 0 Å². The molecule has 2 N–H and O–H groups in total. The number of anilines is 1. The second kappa shape index (κ2) is 7.27. The summed E-state index contributed by atoms with van der Waals surface area (Å²) in [7, 11) is 0. The Balaban J connectivity index is 1.69. The number of aromatic nitrogens is 3. The van der Waals surface area contributed by atoms with E-state index in [9.17, 15) is 4.79 Å². The minimum Gasteiger partial charge on any atom is -0.390 e. The SMILES string of the molecule is Cc1cccc(Cn2cnc(NC(=O)c3ccc(CO)nc3C)c2)c1. The molecule has 1 aromatic carbocycles. The number of nitrogens with zero attached hydrogens (tertiary/aromatic N) is 3. The quantitative estimate of drug-likeness (QED) is 0.751. The number of pyridine rings is 1. The second-order valence-electron chi connectivity index (χ2n) is 5.97. The lowest BCUT2D eigenvalue weighted by Gasteiger charge is -2.06. The van der Waals surface area contributed by atoms with Crippen molar-refractivity contribution in [3.8, 4) is 0 Å². The molecule has 0 spiro atoms. The Labute approximate surface area is 146 Å². The molecule has 0 radical (unpaired) electrons. The van der Waals surface area contributed by atoms with Gasteiger partial charge in [-0.3, -0.25) is 9.78 Å². The van der Waals surface area contributed by atoms with Gasteiger partial charge in [0.1, 0.15) is 0 Å². The molecule has 2 aromatic heterocycles. The number of imidazole rings is 1. The molecule has 2 heterocycles. The molecule has 0 atom stereocenters. The Morgan fingerprint density at radius 1 is 1.24 bits per heavy atom. The molecule has 0 bridgehead atoms. The zero-order valence-corrected chi connectivity index (χ0v) is 14.2. The van der Waals surface area contributed by atoms with Gasteiger partial charge in [-0.15, -0.1) is 0 Å². The first-order chi connectivity index (χ1) is 12.0. The van der Waals surface area contributed by atoms with Crippen molar-refractivity contribution in [1.29, 1.82) is 0 Å². The van der Waals surface area contributed by atoms with Crippen molar-refractivity contribution in [3.63, 3.8) is 0 Å². The highest BCUT2D eigenvalue weighted by atomic mass is 16.3. The third-order valence-electron chi connectivity index (χ3n) is 3.87. The number of benzene rings is 1. The van der Waals surface area contributed by atoms with Crippen LogP contribution < -0.4 is 5.32 Å². The second-order valence-corrected chi connectivity index (χ2v) is 5.97. The molecule has 0 aliphatic heterocycles. The molecule has 3 aromatic rings. The van der Waals surface area contributed by atoms with Crippen molar-refractivity contribution in [2.45, 2.75) is 27.0 Å². The van der Waals surface area contributed by atoms with Gasteiger partial charge in [0, 0.05) is 12.7 Å². The van der Waals surface area contributed by atoms with Gasteiger partial charge >= 0.3 is 0 Å². The molecule has 0 aliphatic carbocycles. The minimum absolute atomic E-state index is 0.147. The Morgan fingerprint density at radius 3 is 2.80 bits per heavy atom. The number of hydrogen-bond donors (Lipinski definition) is 2. The fourth-order valence-electron chi connectivity index (χ4n) is 2.66. The van der Waals surface area contributed by atoms with Gasteiger partial charge in [0.2, 0.25) is 0 Å². The molecule has 0 saturated heterocycles. The van der Waals surface area contributed by atoms with E-state index in [1.807, 2.05) is 10.6 Å². The molecule has 1 amide bonds. The van der Waals surface area contributed by atoms with Crippen LogP contribution in [0.2, 0.25) is 0 Å². The minimum atomic E-state index is -0.268. The number of carbonyl (C=O) groups excluding carboxylic acids is 1. The van der Waals surface area contributed by atoms with Gasteiger partial charge in [0.25, 0.3) is 5.91 Å². The number of aliphatic hydroxyl groups is 1. The van der Waals surface area contributed by atoms with Gasteiger partial charge in [-0.05, 0) is 31.5 Å². The van der Waals surface area contributed by atoms with Crippen molar-refractivity contribution in [3.05, 3.63) is 77.0 Å². The lowest BCUT2D eigenvalue weighted by molar-refractivity contribution is 0.102. The first-order valence-electron chi connectivity index (χ1n) is 8.01. The topological polar surface area (TPSA) is 80.0 Å². The Bertz CT molecular complexity index is 902. The van der Waals surface area contributed by atoms with Gasteiger partial charge in [0.05, 0.1) is 29.9 Å². The lowest BCUT2D eigenvalue weighted by atomic mass is 10.1. The van der Waals surface area contributed by atoms with E-state index in [1.54, 1.807) is 31.6 Å². The van der Waals surface area contributed by atoms with Crippen LogP contribution in [0.15, 0.2) is 48.9 Å². The maximum absolute atomic E-state index is 12.4. The van der Waals surface area contributed by atoms with Crippen molar-refractivity contribution in [2.75, 3.05) is 5.32 Å². The number of aliphatic hydroxyl groups excluding tert-OH is 1. The molecule has 0 unspecified atom stereocenters. The summed E-state index contributed by atoms with van der Waals surface area (Å²) in [6.07, 6.45) is 3.49. The maximum atomic E-state index is 12.4. The van der Waals surface area contributed by atoms with Crippen molar-refractivity contribution < 1.29 is 9.90 Å². The van der Waals surface area contributed by atoms with Gasteiger partial charge in [-0.25, -0.2) is 4.98 Å². The Morgan fingerprint density at radius 2 is 2.08 bits per heavy atom. The van der Waals surface area contributed by atoms with E-state index >= 15 is 0 Å². The first kappa shape index (κ1) is 16.9. The summed E-state index contributed by atoms with van der Waals surface area (Å²) in [6.45, 7) is 4.34. The van der Waals surface area contributed by atoms with E-state index in [0.29, 0.717) is 29.3 Å². The number of aryl methyl sites for hydroxylation is 2. The van der Waals surface area contributed by atoms with Gasteiger partial charge in [-0.2, -0.15) is 0 Å². The maximum Gasteiger partial charge on any atom is 0.258 e. The summed E-state index contributed by atoms with van der Waals surface area (Å²) >= 11 is 0. The zero-order valence-electron chi connectivity index (χ0n) is 14.2. The van der Waals surface area contributed by atoms with Crippen LogP contribution in [0.25, 0.3) is 0 Å². The average molecular weight is 336 g/mol. The van der Waals surface area contributed by atoms with E-state index in [-0.39, 0.29) is 12.5 Å². The number of carbonyl (C=O) groups is 1.